The summed E-state index contributed by atoms with van der Waals surface area (Å²) >= 11 is 0. The van der Waals surface area contributed by atoms with Gasteiger partial charge in [0.15, 0.2) is 0 Å². The molecule has 144 valence electrons. The van der Waals surface area contributed by atoms with E-state index in [4.69, 9.17) is 9.72 Å². The number of ether oxygens (including phenoxy) is 1. The van der Waals surface area contributed by atoms with Crippen molar-refractivity contribution in [2.75, 3.05) is 13.7 Å². The summed E-state index contributed by atoms with van der Waals surface area (Å²) in [7, 11) is 1.70. The quantitative estimate of drug-likeness (QED) is 0.757. The number of benzene rings is 2. The number of H-pyrrole nitrogens is 1. The van der Waals surface area contributed by atoms with Crippen LogP contribution < -0.4 is 10.3 Å². The third-order valence-corrected chi connectivity index (χ3v) is 5.45. The molecule has 28 heavy (non-hydrogen) atoms. The minimum absolute atomic E-state index is 0.0139. The molecular formula is C23H25N3O2. The van der Waals surface area contributed by atoms with Crippen LogP contribution in [0.25, 0.3) is 11.4 Å². The second kappa shape index (κ2) is 7.60. The van der Waals surface area contributed by atoms with Gasteiger partial charge < -0.3 is 9.72 Å². The van der Waals surface area contributed by atoms with Crippen LogP contribution in [0.3, 0.4) is 0 Å². The van der Waals surface area contributed by atoms with Gasteiger partial charge in [0.1, 0.15) is 11.6 Å². The molecular weight excluding hydrogens is 350 g/mol. The van der Waals surface area contributed by atoms with Gasteiger partial charge in [0.25, 0.3) is 5.56 Å². The molecule has 5 heteroatoms. The van der Waals surface area contributed by atoms with E-state index in [-0.39, 0.29) is 5.56 Å². The van der Waals surface area contributed by atoms with Crippen LogP contribution in [-0.2, 0) is 19.5 Å². The lowest BCUT2D eigenvalue weighted by Gasteiger charge is -2.28. The summed E-state index contributed by atoms with van der Waals surface area (Å²) in [6.07, 6.45) is 0.723. The number of hydrogen-bond donors (Lipinski definition) is 1. The zero-order valence-electron chi connectivity index (χ0n) is 16.6. The molecule has 0 amide bonds. The summed E-state index contributed by atoms with van der Waals surface area (Å²) in [5.41, 5.74) is 6.27. The predicted octanol–water partition coefficient (Wildman–Crippen LogP) is 3.62. The molecule has 0 radical (unpaired) electrons. The maximum absolute atomic E-state index is 12.6. The Morgan fingerprint density at radius 2 is 1.93 bits per heavy atom. The van der Waals surface area contributed by atoms with Gasteiger partial charge in [0.05, 0.1) is 12.8 Å². The van der Waals surface area contributed by atoms with Crippen LogP contribution in [0.1, 0.15) is 27.9 Å². The third kappa shape index (κ3) is 3.58. The van der Waals surface area contributed by atoms with Crippen LogP contribution in [0.2, 0.25) is 0 Å². The Bertz CT molecular complexity index is 1060. The lowest BCUT2D eigenvalue weighted by molar-refractivity contribution is 0.240. The first-order valence-corrected chi connectivity index (χ1v) is 9.59. The first-order chi connectivity index (χ1) is 13.5. The summed E-state index contributed by atoms with van der Waals surface area (Å²) in [5, 5.41) is 0. The third-order valence-electron chi connectivity index (χ3n) is 5.45. The molecule has 1 N–H and O–H groups in total. The summed E-state index contributed by atoms with van der Waals surface area (Å²) < 4.78 is 5.42. The van der Waals surface area contributed by atoms with E-state index in [0.29, 0.717) is 12.4 Å². The first kappa shape index (κ1) is 18.4. The molecule has 4 rings (SSSR count). The van der Waals surface area contributed by atoms with Gasteiger partial charge in [-0.3, -0.25) is 9.69 Å². The van der Waals surface area contributed by atoms with E-state index in [2.05, 4.69) is 35.9 Å². The lowest BCUT2D eigenvalue weighted by Crippen LogP contribution is -2.35. The molecule has 3 aromatic rings. The van der Waals surface area contributed by atoms with Gasteiger partial charge >= 0.3 is 0 Å². The fourth-order valence-corrected chi connectivity index (χ4v) is 3.84. The summed E-state index contributed by atoms with van der Waals surface area (Å²) in [6.45, 7) is 6.56. The molecule has 0 spiro atoms. The van der Waals surface area contributed by atoms with Gasteiger partial charge in [-0.05, 0) is 43.0 Å². The van der Waals surface area contributed by atoms with Crippen LogP contribution in [0.4, 0.5) is 0 Å². The van der Waals surface area contributed by atoms with E-state index in [1.54, 1.807) is 7.11 Å². The maximum atomic E-state index is 12.6. The molecule has 1 aromatic heterocycles. The highest BCUT2D eigenvalue weighted by Gasteiger charge is 2.22. The van der Waals surface area contributed by atoms with Crippen LogP contribution in [0.15, 0.2) is 47.3 Å². The van der Waals surface area contributed by atoms with Crippen molar-refractivity contribution in [2.45, 2.75) is 33.4 Å². The Morgan fingerprint density at radius 1 is 1.14 bits per heavy atom. The van der Waals surface area contributed by atoms with Crippen molar-refractivity contribution in [3.05, 3.63) is 80.8 Å². The molecule has 0 bridgehead atoms. The van der Waals surface area contributed by atoms with Gasteiger partial charge in [-0.1, -0.05) is 36.4 Å². The molecule has 0 unspecified atom stereocenters. The van der Waals surface area contributed by atoms with Crippen LogP contribution in [-0.4, -0.2) is 28.5 Å². The number of aryl methyl sites for hydroxylation is 2. The summed E-state index contributed by atoms with van der Waals surface area (Å²) in [6, 6.07) is 14.1. The molecule has 1 aliphatic heterocycles. The number of aromatic nitrogens is 2. The van der Waals surface area contributed by atoms with Crippen molar-refractivity contribution in [2.24, 2.45) is 0 Å². The first-order valence-electron chi connectivity index (χ1n) is 9.59. The molecule has 0 aliphatic carbocycles. The molecule has 0 atom stereocenters. The van der Waals surface area contributed by atoms with E-state index in [1.165, 1.54) is 11.1 Å². The van der Waals surface area contributed by atoms with Crippen molar-refractivity contribution in [3.63, 3.8) is 0 Å². The fraction of sp³-hybridized carbons (Fsp3) is 0.304. The number of hydrogen-bond acceptors (Lipinski definition) is 4. The molecule has 1 aliphatic rings. The van der Waals surface area contributed by atoms with E-state index >= 15 is 0 Å². The highest BCUT2D eigenvalue weighted by Crippen LogP contribution is 2.25. The lowest BCUT2D eigenvalue weighted by atomic mass is 10.0. The van der Waals surface area contributed by atoms with Crippen molar-refractivity contribution >= 4 is 0 Å². The highest BCUT2D eigenvalue weighted by molar-refractivity contribution is 5.54. The van der Waals surface area contributed by atoms with Gasteiger partial charge in [-0.2, -0.15) is 0 Å². The standard InChI is InChI=1S/C23H25N3O2/c1-15-12-21(28-3)16(2)11-18(15)13-26-10-9-19-20(14-26)24-22(25-23(19)27)17-7-5-4-6-8-17/h4-8,11-12H,9-10,13-14H2,1-3H3,(H,24,25,27). The minimum Gasteiger partial charge on any atom is -0.496 e. The average molecular weight is 375 g/mol. The maximum Gasteiger partial charge on any atom is 0.254 e. The molecule has 0 saturated carbocycles. The van der Waals surface area contributed by atoms with Crippen molar-refractivity contribution in [3.8, 4) is 17.1 Å². The number of fused-ring (bicyclic) bond motifs is 1. The number of nitrogens with one attached hydrogen (secondary N) is 1. The van der Waals surface area contributed by atoms with E-state index < -0.39 is 0 Å². The summed E-state index contributed by atoms with van der Waals surface area (Å²) in [4.78, 5) is 22.7. The van der Waals surface area contributed by atoms with Gasteiger partial charge in [0.2, 0.25) is 0 Å². The Kier molecular flexibility index (Phi) is 5.01. The Morgan fingerprint density at radius 3 is 2.68 bits per heavy atom. The molecule has 2 heterocycles. The normalized spacial score (nSPS) is 14.0. The van der Waals surface area contributed by atoms with Gasteiger partial charge in [0, 0.05) is 30.8 Å². The fourth-order valence-electron chi connectivity index (χ4n) is 3.84. The monoisotopic (exact) mass is 375 g/mol. The number of nitrogens with zero attached hydrogens (tertiary/aromatic N) is 2. The van der Waals surface area contributed by atoms with E-state index in [1.807, 2.05) is 30.3 Å². The Labute approximate surface area is 165 Å². The SMILES string of the molecule is COc1cc(C)c(CN2CCc3c(nc(-c4ccccc4)[nH]c3=O)C2)cc1C. The predicted molar refractivity (Wildman–Crippen MR) is 111 cm³/mol. The second-order valence-electron chi connectivity index (χ2n) is 7.41. The zero-order chi connectivity index (χ0) is 19.7. The van der Waals surface area contributed by atoms with Gasteiger partial charge in [-0.25, -0.2) is 4.98 Å². The van der Waals surface area contributed by atoms with Crippen molar-refractivity contribution in [1.29, 1.82) is 0 Å². The smallest absolute Gasteiger partial charge is 0.254 e. The molecule has 0 fully saturated rings. The number of aromatic amines is 1. The molecule has 2 aromatic carbocycles. The Hall–Kier alpha value is -2.92. The largest absolute Gasteiger partial charge is 0.496 e. The zero-order valence-corrected chi connectivity index (χ0v) is 16.6. The minimum atomic E-state index is -0.0139. The van der Waals surface area contributed by atoms with Crippen LogP contribution in [0.5, 0.6) is 5.75 Å². The Balaban J connectivity index is 1.60. The number of methoxy groups -OCH3 is 1. The summed E-state index contributed by atoms with van der Waals surface area (Å²) in [5.74, 6) is 1.56. The van der Waals surface area contributed by atoms with E-state index in [9.17, 15) is 4.79 Å². The van der Waals surface area contributed by atoms with Crippen LogP contribution in [0, 0.1) is 13.8 Å². The van der Waals surface area contributed by atoms with Crippen molar-refractivity contribution in [1.82, 2.24) is 14.9 Å². The molecule has 5 nitrogen and oxygen atoms in total. The van der Waals surface area contributed by atoms with E-state index in [0.717, 1.165) is 47.6 Å². The second-order valence-corrected chi connectivity index (χ2v) is 7.41. The van der Waals surface area contributed by atoms with Crippen molar-refractivity contribution < 1.29 is 4.74 Å². The number of rotatable bonds is 4. The van der Waals surface area contributed by atoms with Crippen LogP contribution >= 0.6 is 0 Å². The van der Waals surface area contributed by atoms with Gasteiger partial charge in [-0.15, -0.1) is 0 Å². The molecule has 0 saturated heterocycles. The highest BCUT2D eigenvalue weighted by atomic mass is 16.5. The average Bonchev–Trinajstić information content (AvgIpc) is 2.71. The topological polar surface area (TPSA) is 58.2 Å².